The molecule has 180 valence electrons. The number of piperazine rings is 1. The fourth-order valence-electron chi connectivity index (χ4n) is 3.92. The maximum Gasteiger partial charge on any atom is 0.245 e. The van der Waals surface area contributed by atoms with Crippen molar-refractivity contribution >= 4 is 23.3 Å². The van der Waals surface area contributed by atoms with Gasteiger partial charge in [-0.15, -0.1) is 5.10 Å². The monoisotopic (exact) mass is 473 g/mol. The molecular weight excluding hydrogens is 445 g/mol. The van der Waals surface area contributed by atoms with E-state index in [4.69, 9.17) is 0 Å². The molecule has 1 saturated heterocycles. The van der Waals surface area contributed by atoms with Gasteiger partial charge in [-0.3, -0.25) is 0 Å². The largest absolute Gasteiger partial charge is 0.378 e. The van der Waals surface area contributed by atoms with E-state index in [0.717, 1.165) is 49.2 Å². The normalized spacial score (nSPS) is 14.2. The van der Waals surface area contributed by atoms with Gasteiger partial charge in [-0.05, 0) is 55.6 Å². The molecule has 0 saturated carbocycles. The van der Waals surface area contributed by atoms with Gasteiger partial charge in [-0.25, -0.2) is 19.0 Å². The van der Waals surface area contributed by atoms with Crippen LogP contribution in [0.1, 0.15) is 0 Å². The fourth-order valence-corrected chi connectivity index (χ4v) is 3.92. The zero-order valence-corrected chi connectivity index (χ0v) is 20.1. The van der Waals surface area contributed by atoms with Crippen LogP contribution in [0.2, 0.25) is 0 Å². The van der Waals surface area contributed by atoms with Crippen molar-refractivity contribution in [1.82, 2.24) is 29.6 Å². The molecule has 0 amide bonds. The average molecular weight is 474 g/mol. The van der Waals surface area contributed by atoms with Crippen LogP contribution in [0.25, 0.3) is 16.9 Å². The van der Waals surface area contributed by atoms with Crippen LogP contribution >= 0.6 is 0 Å². The summed E-state index contributed by atoms with van der Waals surface area (Å²) in [6, 6.07) is 14.4. The first kappa shape index (κ1) is 22.7. The van der Waals surface area contributed by atoms with Crippen LogP contribution in [0.5, 0.6) is 0 Å². The molecule has 0 unspecified atom stereocenters. The first-order valence-corrected chi connectivity index (χ1v) is 11.5. The maximum absolute atomic E-state index is 14.1. The SMILES string of the molecule is CN1CCN(c2ncn(-c3ccc(Nc4nccc(-c5cc(F)cc(N(C)C)c5)n4)cc3)n2)CC1. The lowest BCUT2D eigenvalue weighted by molar-refractivity contribution is 0.311. The number of hydrogen-bond donors (Lipinski definition) is 1. The Bertz CT molecular complexity index is 1290. The fraction of sp³-hybridized carbons (Fsp3) is 0.280. The van der Waals surface area contributed by atoms with E-state index in [0.29, 0.717) is 17.2 Å². The quantitative estimate of drug-likeness (QED) is 0.457. The van der Waals surface area contributed by atoms with Crippen LogP contribution in [0.4, 0.5) is 27.7 Å². The van der Waals surface area contributed by atoms with Crippen molar-refractivity contribution in [3.63, 3.8) is 0 Å². The van der Waals surface area contributed by atoms with E-state index in [-0.39, 0.29) is 5.82 Å². The van der Waals surface area contributed by atoms with Gasteiger partial charge in [0.25, 0.3) is 0 Å². The van der Waals surface area contributed by atoms with Gasteiger partial charge in [0.1, 0.15) is 12.1 Å². The molecule has 0 radical (unpaired) electrons. The summed E-state index contributed by atoms with van der Waals surface area (Å²) < 4.78 is 15.9. The Morgan fingerprint density at radius 3 is 2.46 bits per heavy atom. The number of likely N-dealkylation sites (N-methyl/N-ethyl adjacent to an activating group) is 1. The Morgan fingerprint density at radius 1 is 0.943 bits per heavy atom. The van der Waals surface area contributed by atoms with Crippen LogP contribution in [0.15, 0.2) is 61.1 Å². The van der Waals surface area contributed by atoms with Gasteiger partial charge in [0, 0.05) is 63.4 Å². The number of benzene rings is 2. The summed E-state index contributed by atoms with van der Waals surface area (Å²) in [5, 5.41) is 7.87. The zero-order chi connectivity index (χ0) is 24.4. The Balaban J connectivity index is 1.29. The molecule has 0 bridgehead atoms. The summed E-state index contributed by atoms with van der Waals surface area (Å²) in [6.45, 7) is 3.87. The molecule has 0 atom stereocenters. The summed E-state index contributed by atoms with van der Waals surface area (Å²) in [6.07, 6.45) is 3.40. The third-order valence-corrected chi connectivity index (χ3v) is 6.00. The van der Waals surface area contributed by atoms with Gasteiger partial charge >= 0.3 is 0 Å². The second kappa shape index (κ2) is 9.67. The molecule has 35 heavy (non-hydrogen) atoms. The lowest BCUT2D eigenvalue weighted by Gasteiger charge is -2.31. The second-order valence-electron chi connectivity index (χ2n) is 8.81. The van der Waals surface area contributed by atoms with Gasteiger partial charge in [-0.2, -0.15) is 4.98 Å². The zero-order valence-electron chi connectivity index (χ0n) is 20.1. The van der Waals surface area contributed by atoms with E-state index in [9.17, 15) is 4.39 Å². The molecule has 1 aliphatic rings. The van der Waals surface area contributed by atoms with Crippen molar-refractivity contribution < 1.29 is 4.39 Å². The summed E-state index contributed by atoms with van der Waals surface area (Å²) in [5.41, 5.74) is 3.85. The van der Waals surface area contributed by atoms with Crippen LogP contribution in [-0.4, -0.2) is 77.0 Å². The van der Waals surface area contributed by atoms with Crippen LogP contribution < -0.4 is 15.1 Å². The van der Waals surface area contributed by atoms with Crippen molar-refractivity contribution in [1.29, 1.82) is 0 Å². The molecule has 2 aromatic carbocycles. The number of nitrogens with one attached hydrogen (secondary N) is 1. The lowest BCUT2D eigenvalue weighted by atomic mass is 10.1. The van der Waals surface area contributed by atoms with Crippen LogP contribution in [0.3, 0.4) is 0 Å². The maximum atomic E-state index is 14.1. The molecule has 1 N–H and O–H groups in total. The van der Waals surface area contributed by atoms with Gasteiger partial charge in [0.15, 0.2) is 0 Å². The standard InChI is InChI=1S/C25H28FN9/c1-32(2)22-15-18(14-19(26)16-22)23-8-9-27-24(30-23)29-20-4-6-21(7-5-20)35-17-28-25(31-35)34-12-10-33(3)11-13-34/h4-9,14-17H,10-13H2,1-3H3,(H,27,29,30). The average Bonchev–Trinajstić information content (AvgIpc) is 3.35. The predicted octanol–water partition coefficient (Wildman–Crippen LogP) is 3.42. The van der Waals surface area contributed by atoms with E-state index in [1.807, 2.05) is 49.3 Å². The first-order valence-electron chi connectivity index (χ1n) is 11.5. The van der Waals surface area contributed by atoms with Gasteiger partial charge in [-0.1, -0.05) is 0 Å². The second-order valence-corrected chi connectivity index (χ2v) is 8.81. The van der Waals surface area contributed by atoms with Gasteiger partial charge in [0.05, 0.1) is 11.4 Å². The molecule has 4 aromatic rings. The Hall–Kier alpha value is -4.05. The number of aromatic nitrogens is 5. The van der Waals surface area contributed by atoms with Crippen molar-refractivity contribution in [2.45, 2.75) is 0 Å². The number of rotatable bonds is 6. The van der Waals surface area contributed by atoms with Crippen LogP contribution in [0, 0.1) is 5.82 Å². The van der Waals surface area contributed by atoms with E-state index < -0.39 is 0 Å². The van der Waals surface area contributed by atoms with E-state index >= 15 is 0 Å². The number of halogens is 1. The van der Waals surface area contributed by atoms with E-state index in [1.54, 1.807) is 23.3 Å². The first-order chi connectivity index (χ1) is 16.9. The molecule has 2 aromatic heterocycles. The summed E-state index contributed by atoms with van der Waals surface area (Å²) >= 11 is 0. The van der Waals surface area contributed by atoms with Crippen molar-refractivity contribution in [2.75, 3.05) is 62.4 Å². The summed E-state index contributed by atoms with van der Waals surface area (Å²) in [4.78, 5) is 19.7. The number of anilines is 4. The van der Waals surface area contributed by atoms with Crippen molar-refractivity contribution in [2.24, 2.45) is 0 Å². The molecule has 10 heteroatoms. The lowest BCUT2D eigenvalue weighted by Crippen LogP contribution is -2.45. The molecular formula is C25H28FN9. The number of nitrogens with zero attached hydrogens (tertiary/aromatic N) is 8. The summed E-state index contributed by atoms with van der Waals surface area (Å²) in [5.74, 6) is 0.878. The van der Waals surface area contributed by atoms with E-state index in [1.165, 1.54) is 12.1 Å². The number of hydrogen-bond acceptors (Lipinski definition) is 8. The molecule has 1 aliphatic heterocycles. The Morgan fingerprint density at radius 2 is 1.71 bits per heavy atom. The highest BCUT2D eigenvalue weighted by atomic mass is 19.1. The molecule has 0 spiro atoms. The highest BCUT2D eigenvalue weighted by molar-refractivity contribution is 5.67. The molecule has 1 fully saturated rings. The minimum absolute atomic E-state index is 0.307. The van der Waals surface area contributed by atoms with E-state index in [2.05, 4.69) is 42.2 Å². The molecule has 5 rings (SSSR count). The minimum atomic E-state index is -0.307. The Kier molecular flexibility index (Phi) is 6.28. The van der Waals surface area contributed by atoms with Gasteiger partial charge in [0.2, 0.25) is 11.9 Å². The van der Waals surface area contributed by atoms with Crippen molar-refractivity contribution in [3.05, 3.63) is 66.9 Å². The highest BCUT2D eigenvalue weighted by Gasteiger charge is 2.17. The third kappa shape index (κ3) is 5.22. The highest BCUT2D eigenvalue weighted by Crippen LogP contribution is 2.25. The smallest absolute Gasteiger partial charge is 0.245 e. The van der Waals surface area contributed by atoms with Crippen molar-refractivity contribution in [3.8, 4) is 16.9 Å². The predicted molar refractivity (Wildman–Crippen MR) is 136 cm³/mol. The van der Waals surface area contributed by atoms with Crippen LogP contribution in [-0.2, 0) is 0 Å². The topological polar surface area (TPSA) is 78.2 Å². The molecule has 0 aliphatic carbocycles. The third-order valence-electron chi connectivity index (χ3n) is 6.00. The molecule has 9 nitrogen and oxygen atoms in total. The Labute approximate surface area is 203 Å². The molecule has 3 heterocycles. The summed E-state index contributed by atoms with van der Waals surface area (Å²) in [7, 11) is 5.88. The van der Waals surface area contributed by atoms with Gasteiger partial charge < -0.3 is 20.0 Å². The minimum Gasteiger partial charge on any atom is -0.378 e.